The Balaban J connectivity index is 2.21. The van der Waals surface area contributed by atoms with E-state index in [1.54, 1.807) is 0 Å². The van der Waals surface area contributed by atoms with Gasteiger partial charge in [-0.2, -0.15) is 0 Å². The van der Waals surface area contributed by atoms with Gasteiger partial charge >= 0.3 is 0 Å². The molecule has 1 nitrogen and oxygen atoms in total. The molecule has 1 heterocycles. The molecular weight excluding hydrogens is 198 g/mol. The molecule has 0 atom stereocenters. The largest absolute Gasteiger partial charge is 0.358 e. The molecule has 0 aromatic rings. The van der Waals surface area contributed by atoms with Gasteiger partial charge in [0.05, 0.1) is 0 Å². The number of thiocarbonyl (C=S) groups is 1. The molecule has 0 aliphatic carbocycles. The van der Waals surface area contributed by atoms with Crippen LogP contribution in [0.4, 0.5) is 0 Å². The summed E-state index contributed by atoms with van der Waals surface area (Å²) < 4.78 is 1.12. The van der Waals surface area contributed by atoms with Crippen molar-refractivity contribution in [1.82, 2.24) is 4.90 Å². The van der Waals surface area contributed by atoms with Crippen LogP contribution in [0.15, 0.2) is 0 Å². The van der Waals surface area contributed by atoms with Crippen molar-refractivity contribution in [3.05, 3.63) is 0 Å². The van der Waals surface area contributed by atoms with Gasteiger partial charge in [0.1, 0.15) is 4.32 Å². The lowest BCUT2D eigenvalue weighted by Gasteiger charge is -2.28. The Labute approximate surface area is 91.3 Å². The van der Waals surface area contributed by atoms with Crippen LogP contribution in [0.25, 0.3) is 0 Å². The predicted octanol–water partition coefficient (Wildman–Crippen LogP) is 3.15. The molecule has 0 aromatic heterocycles. The maximum absolute atomic E-state index is 5.38. The molecule has 1 aliphatic heterocycles. The topological polar surface area (TPSA) is 3.24 Å². The molecule has 13 heavy (non-hydrogen) atoms. The minimum Gasteiger partial charge on any atom is -0.358 e. The van der Waals surface area contributed by atoms with E-state index in [9.17, 15) is 0 Å². The van der Waals surface area contributed by atoms with E-state index in [2.05, 4.69) is 18.7 Å². The summed E-state index contributed by atoms with van der Waals surface area (Å²) in [6.07, 6.45) is 4.03. The van der Waals surface area contributed by atoms with Gasteiger partial charge in [0, 0.05) is 18.8 Å². The van der Waals surface area contributed by atoms with Crippen molar-refractivity contribution in [2.75, 3.05) is 18.8 Å². The highest BCUT2D eigenvalue weighted by atomic mass is 32.2. The Bertz CT molecular complexity index is 162. The van der Waals surface area contributed by atoms with Crippen molar-refractivity contribution in [3.8, 4) is 0 Å². The van der Waals surface area contributed by atoms with Crippen molar-refractivity contribution in [2.45, 2.75) is 33.1 Å². The van der Waals surface area contributed by atoms with Crippen molar-refractivity contribution in [1.29, 1.82) is 0 Å². The smallest absolute Gasteiger partial charge is 0.136 e. The lowest BCUT2D eigenvalue weighted by Crippen LogP contribution is -2.33. The van der Waals surface area contributed by atoms with E-state index in [1.807, 2.05) is 11.8 Å². The number of nitrogens with zero attached hydrogens (tertiary/aromatic N) is 1. The first kappa shape index (κ1) is 11.3. The van der Waals surface area contributed by atoms with Crippen LogP contribution in [0.5, 0.6) is 0 Å². The molecule has 76 valence electrons. The highest BCUT2D eigenvalue weighted by molar-refractivity contribution is 8.22. The van der Waals surface area contributed by atoms with Crippen LogP contribution in [0.1, 0.15) is 33.1 Å². The van der Waals surface area contributed by atoms with E-state index in [4.69, 9.17) is 12.2 Å². The van der Waals surface area contributed by atoms with Gasteiger partial charge in [-0.3, -0.25) is 0 Å². The fraction of sp³-hybridized carbons (Fsp3) is 0.900. The van der Waals surface area contributed by atoms with Crippen LogP contribution in [0, 0.1) is 5.92 Å². The van der Waals surface area contributed by atoms with Crippen LogP contribution < -0.4 is 0 Å². The summed E-state index contributed by atoms with van der Waals surface area (Å²) in [5.41, 5.74) is 0. The molecule has 0 amide bonds. The third kappa shape index (κ3) is 4.32. The molecule has 1 saturated heterocycles. The molecule has 0 spiro atoms. The highest BCUT2D eigenvalue weighted by Gasteiger charge is 2.13. The Morgan fingerprint density at radius 1 is 1.31 bits per heavy atom. The second-order valence-corrected chi connectivity index (χ2v) is 5.67. The van der Waals surface area contributed by atoms with Gasteiger partial charge in [0.25, 0.3) is 0 Å². The summed E-state index contributed by atoms with van der Waals surface area (Å²) in [5, 5.41) is 0. The van der Waals surface area contributed by atoms with E-state index >= 15 is 0 Å². The molecule has 0 bridgehead atoms. The molecular formula is C10H19NS2. The third-order valence-electron chi connectivity index (χ3n) is 2.15. The Morgan fingerprint density at radius 2 is 1.92 bits per heavy atom. The summed E-state index contributed by atoms with van der Waals surface area (Å²) in [6.45, 7) is 6.85. The monoisotopic (exact) mass is 217 g/mol. The van der Waals surface area contributed by atoms with E-state index in [-0.39, 0.29) is 0 Å². The van der Waals surface area contributed by atoms with Crippen LogP contribution >= 0.6 is 24.0 Å². The molecule has 3 heteroatoms. The summed E-state index contributed by atoms with van der Waals surface area (Å²) in [4.78, 5) is 2.37. The molecule has 1 fully saturated rings. The summed E-state index contributed by atoms with van der Waals surface area (Å²) in [7, 11) is 0. The molecule has 1 aliphatic rings. The van der Waals surface area contributed by atoms with Crippen molar-refractivity contribution in [2.24, 2.45) is 5.92 Å². The highest BCUT2D eigenvalue weighted by Crippen LogP contribution is 2.17. The fourth-order valence-electron chi connectivity index (χ4n) is 1.41. The fourth-order valence-corrected chi connectivity index (χ4v) is 2.63. The van der Waals surface area contributed by atoms with Gasteiger partial charge in [-0.05, 0) is 25.2 Å². The summed E-state index contributed by atoms with van der Waals surface area (Å²) in [6, 6.07) is 0. The average Bonchev–Trinajstić information content (AvgIpc) is 2.15. The normalized spacial score (nSPS) is 17.9. The maximum Gasteiger partial charge on any atom is 0.136 e. The number of likely N-dealkylation sites (tertiary alicyclic amines) is 1. The maximum atomic E-state index is 5.38. The average molecular weight is 217 g/mol. The summed E-state index contributed by atoms with van der Waals surface area (Å²) in [5.74, 6) is 1.91. The Morgan fingerprint density at radius 3 is 2.46 bits per heavy atom. The van der Waals surface area contributed by atoms with Gasteiger partial charge in [-0.15, -0.1) is 0 Å². The third-order valence-corrected chi connectivity index (χ3v) is 4.10. The summed E-state index contributed by atoms with van der Waals surface area (Å²) >= 11 is 7.23. The number of thioether (sulfide) groups is 1. The minimum absolute atomic E-state index is 0.743. The van der Waals surface area contributed by atoms with E-state index in [0.29, 0.717) is 0 Å². The molecule has 0 saturated carbocycles. The standard InChI is InChI=1S/C10H19NS2/c1-9(2)8-13-10(12)11-6-4-3-5-7-11/h9H,3-8H2,1-2H3. The predicted molar refractivity (Wildman–Crippen MR) is 65.3 cm³/mol. The number of piperidine rings is 1. The van der Waals surface area contributed by atoms with Crippen LogP contribution in [0.3, 0.4) is 0 Å². The van der Waals surface area contributed by atoms with Crippen LogP contribution in [-0.4, -0.2) is 28.1 Å². The molecule has 0 radical (unpaired) electrons. The van der Waals surface area contributed by atoms with Crippen molar-refractivity contribution >= 4 is 28.3 Å². The first-order valence-corrected chi connectivity index (χ1v) is 6.51. The quantitative estimate of drug-likeness (QED) is 0.654. The number of hydrogen-bond donors (Lipinski definition) is 0. The van der Waals surface area contributed by atoms with Crippen LogP contribution in [0.2, 0.25) is 0 Å². The number of hydrogen-bond acceptors (Lipinski definition) is 2. The minimum atomic E-state index is 0.743. The zero-order chi connectivity index (χ0) is 9.68. The molecule has 1 rings (SSSR count). The van der Waals surface area contributed by atoms with Gasteiger partial charge in [-0.25, -0.2) is 0 Å². The van der Waals surface area contributed by atoms with Gasteiger partial charge in [-0.1, -0.05) is 37.8 Å². The van der Waals surface area contributed by atoms with Gasteiger partial charge < -0.3 is 4.90 Å². The van der Waals surface area contributed by atoms with Crippen LogP contribution in [-0.2, 0) is 0 Å². The van der Waals surface area contributed by atoms with E-state index in [0.717, 1.165) is 16.0 Å². The molecule has 0 aromatic carbocycles. The first-order valence-electron chi connectivity index (χ1n) is 5.12. The lowest BCUT2D eigenvalue weighted by atomic mass is 10.1. The number of rotatable bonds is 2. The first-order chi connectivity index (χ1) is 6.20. The Kier molecular flexibility index (Phi) is 5.10. The van der Waals surface area contributed by atoms with Gasteiger partial charge in [0.15, 0.2) is 0 Å². The van der Waals surface area contributed by atoms with Crippen molar-refractivity contribution in [3.63, 3.8) is 0 Å². The Hall–Kier alpha value is 0.240. The zero-order valence-electron chi connectivity index (χ0n) is 8.58. The zero-order valence-corrected chi connectivity index (χ0v) is 10.2. The lowest BCUT2D eigenvalue weighted by molar-refractivity contribution is 0.352. The molecule has 0 unspecified atom stereocenters. The SMILES string of the molecule is CC(C)CSC(=S)N1CCCCC1. The van der Waals surface area contributed by atoms with Gasteiger partial charge in [0.2, 0.25) is 0 Å². The second kappa shape index (κ2) is 5.86. The van der Waals surface area contributed by atoms with E-state index in [1.165, 1.54) is 32.4 Å². The van der Waals surface area contributed by atoms with Crippen molar-refractivity contribution < 1.29 is 0 Å². The molecule has 0 N–H and O–H groups in total. The van der Waals surface area contributed by atoms with E-state index < -0.39 is 0 Å². The second-order valence-electron chi connectivity index (χ2n) is 4.02.